The summed E-state index contributed by atoms with van der Waals surface area (Å²) in [6.45, 7) is 8.73. The van der Waals surface area contributed by atoms with Crippen molar-refractivity contribution in [1.82, 2.24) is 13.9 Å². The lowest BCUT2D eigenvalue weighted by Gasteiger charge is -2.31. The average molecular weight is 474 g/mol. The van der Waals surface area contributed by atoms with Gasteiger partial charge >= 0.3 is 0 Å². The van der Waals surface area contributed by atoms with E-state index in [2.05, 4.69) is 5.32 Å². The Morgan fingerprint density at radius 3 is 2.29 bits per heavy atom. The molecule has 1 aromatic rings. The number of carbonyl (C=O) groups is 1. The molecule has 2 unspecified atom stereocenters. The van der Waals surface area contributed by atoms with Crippen LogP contribution >= 0.6 is 0 Å². The van der Waals surface area contributed by atoms with E-state index in [0.29, 0.717) is 38.9 Å². The van der Waals surface area contributed by atoms with Gasteiger partial charge in [-0.3, -0.25) is 4.79 Å². The van der Waals surface area contributed by atoms with Gasteiger partial charge in [0.05, 0.1) is 22.6 Å². The van der Waals surface area contributed by atoms with Gasteiger partial charge in [0.15, 0.2) is 0 Å². The number of amides is 1. The number of carbonyl (C=O) groups excluding carboxylic acids is 1. The molecule has 0 radical (unpaired) electrons. The Morgan fingerprint density at radius 1 is 1.13 bits per heavy atom. The van der Waals surface area contributed by atoms with E-state index in [4.69, 9.17) is 0 Å². The van der Waals surface area contributed by atoms with Gasteiger partial charge in [0.2, 0.25) is 26.0 Å². The third-order valence-corrected chi connectivity index (χ3v) is 9.80. The second-order valence-electron chi connectivity index (χ2n) is 7.90. The standard InChI is InChI=1S/C21H35N3O5S2/c1-5-15-30(26,27)24-14-8-9-19(16-24)21(25)22-17(4)18-10-12-20(13-11-18)31(28,29)23(6-2)7-3/h10-13,17,19H,5-9,14-16H2,1-4H3,(H,22,25). The molecule has 0 bridgehead atoms. The fraction of sp³-hybridized carbons (Fsp3) is 0.667. The summed E-state index contributed by atoms with van der Waals surface area (Å²) < 4.78 is 52.8. The van der Waals surface area contributed by atoms with Crippen LogP contribution in [0.4, 0.5) is 0 Å². The highest BCUT2D eigenvalue weighted by Crippen LogP contribution is 2.23. The minimum atomic E-state index is -3.53. The highest BCUT2D eigenvalue weighted by Gasteiger charge is 2.32. The summed E-state index contributed by atoms with van der Waals surface area (Å²) in [5, 5.41) is 2.95. The van der Waals surface area contributed by atoms with E-state index in [9.17, 15) is 21.6 Å². The molecule has 1 heterocycles. The maximum Gasteiger partial charge on any atom is 0.243 e. The van der Waals surface area contributed by atoms with E-state index in [1.165, 1.54) is 8.61 Å². The molecule has 31 heavy (non-hydrogen) atoms. The highest BCUT2D eigenvalue weighted by atomic mass is 32.2. The van der Waals surface area contributed by atoms with E-state index in [1.807, 2.05) is 13.8 Å². The largest absolute Gasteiger partial charge is 0.349 e. The maximum absolute atomic E-state index is 12.8. The molecular weight excluding hydrogens is 438 g/mol. The van der Waals surface area contributed by atoms with Gasteiger partial charge in [0.25, 0.3) is 0 Å². The second kappa shape index (κ2) is 10.9. The SMILES string of the molecule is CCCS(=O)(=O)N1CCCC(C(=O)NC(C)c2ccc(S(=O)(=O)N(CC)CC)cc2)C1. The number of nitrogens with zero attached hydrogens (tertiary/aromatic N) is 2. The van der Waals surface area contributed by atoms with Crippen molar-refractivity contribution in [2.24, 2.45) is 5.92 Å². The zero-order valence-corrected chi connectivity index (χ0v) is 20.5. The summed E-state index contributed by atoms with van der Waals surface area (Å²) in [4.78, 5) is 13.0. The Morgan fingerprint density at radius 2 is 1.74 bits per heavy atom. The van der Waals surface area contributed by atoms with E-state index in [-0.39, 0.29) is 35.1 Å². The molecule has 1 aliphatic heterocycles. The van der Waals surface area contributed by atoms with Crippen LogP contribution < -0.4 is 5.32 Å². The number of benzene rings is 1. The molecule has 0 spiro atoms. The summed E-state index contributed by atoms with van der Waals surface area (Å²) in [6.07, 6.45) is 1.86. The predicted molar refractivity (Wildman–Crippen MR) is 121 cm³/mol. The minimum absolute atomic E-state index is 0.0977. The van der Waals surface area contributed by atoms with Crippen molar-refractivity contribution in [3.63, 3.8) is 0 Å². The van der Waals surface area contributed by atoms with Gasteiger partial charge < -0.3 is 5.32 Å². The fourth-order valence-corrected chi connectivity index (χ4v) is 6.90. The van der Waals surface area contributed by atoms with Crippen molar-refractivity contribution in [1.29, 1.82) is 0 Å². The topological polar surface area (TPSA) is 104 Å². The normalized spacial score (nSPS) is 19.3. The first-order valence-corrected chi connectivity index (χ1v) is 14.0. The van der Waals surface area contributed by atoms with Gasteiger partial charge in [-0.05, 0) is 43.9 Å². The molecule has 1 amide bonds. The minimum Gasteiger partial charge on any atom is -0.349 e. The number of hydrogen-bond acceptors (Lipinski definition) is 5. The first kappa shape index (κ1) is 25.8. The van der Waals surface area contributed by atoms with E-state index < -0.39 is 20.0 Å². The third-order valence-electron chi connectivity index (χ3n) is 5.69. The number of sulfonamides is 2. The fourth-order valence-electron chi connectivity index (χ4n) is 3.85. The summed E-state index contributed by atoms with van der Waals surface area (Å²) in [5.74, 6) is -0.464. The molecular formula is C21H35N3O5S2. The zero-order chi connectivity index (χ0) is 23.2. The molecule has 2 rings (SSSR count). The van der Waals surface area contributed by atoms with Crippen LogP contribution in [0.15, 0.2) is 29.2 Å². The summed E-state index contributed by atoms with van der Waals surface area (Å²) in [6, 6.07) is 6.22. The summed E-state index contributed by atoms with van der Waals surface area (Å²) in [5.41, 5.74) is 0.790. The summed E-state index contributed by atoms with van der Waals surface area (Å²) >= 11 is 0. The Kier molecular flexibility index (Phi) is 9.05. The van der Waals surface area contributed by atoms with Gasteiger partial charge in [-0.1, -0.05) is 32.9 Å². The first-order chi connectivity index (χ1) is 14.6. The predicted octanol–water partition coefficient (Wildman–Crippen LogP) is 2.35. The van der Waals surface area contributed by atoms with E-state index in [0.717, 1.165) is 5.56 Å². The van der Waals surface area contributed by atoms with Crippen LogP contribution in [-0.2, 0) is 24.8 Å². The van der Waals surface area contributed by atoms with Gasteiger partial charge in [0, 0.05) is 26.2 Å². The number of rotatable bonds is 10. The summed E-state index contributed by atoms with van der Waals surface area (Å²) in [7, 11) is -6.84. The van der Waals surface area contributed by atoms with Crippen molar-refractivity contribution >= 4 is 26.0 Å². The number of piperidine rings is 1. The molecule has 176 valence electrons. The van der Waals surface area contributed by atoms with Crippen molar-refractivity contribution in [3.05, 3.63) is 29.8 Å². The van der Waals surface area contributed by atoms with Gasteiger partial charge in [-0.15, -0.1) is 0 Å². The molecule has 8 nitrogen and oxygen atoms in total. The van der Waals surface area contributed by atoms with Gasteiger partial charge in [0.1, 0.15) is 0 Å². The van der Waals surface area contributed by atoms with E-state index in [1.54, 1.807) is 38.1 Å². The lowest BCUT2D eigenvalue weighted by molar-refractivity contribution is -0.126. The maximum atomic E-state index is 12.8. The smallest absolute Gasteiger partial charge is 0.243 e. The quantitative estimate of drug-likeness (QED) is 0.562. The Balaban J connectivity index is 2.04. The van der Waals surface area contributed by atoms with Crippen molar-refractivity contribution < 1.29 is 21.6 Å². The monoisotopic (exact) mass is 473 g/mol. The van der Waals surface area contributed by atoms with Crippen LogP contribution in [0.3, 0.4) is 0 Å². The molecule has 1 N–H and O–H groups in total. The molecule has 0 aromatic heterocycles. The molecule has 0 saturated carbocycles. The molecule has 1 aromatic carbocycles. The average Bonchev–Trinajstić information content (AvgIpc) is 2.74. The number of nitrogens with one attached hydrogen (secondary N) is 1. The van der Waals surface area contributed by atoms with Crippen LogP contribution in [0.2, 0.25) is 0 Å². The molecule has 0 aliphatic carbocycles. The lowest BCUT2D eigenvalue weighted by atomic mass is 9.98. The van der Waals surface area contributed by atoms with Gasteiger partial charge in [-0.25, -0.2) is 21.1 Å². The molecule has 1 saturated heterocycles. The van der Waals surface area contributed by atoms with Crippen LogP contribution in [0, 0.1) is 5.92 Å². The van der Waals surface area contributed by atoms with Crippen molar-refractivity contribution in [2.75, 3.05) is 31.9 Å². The molecule has 1 fully saturated rings. The van der Waals surface area contributed by atoms with Crippen LogP contribution in [0.1, 0.15) is 58.6 Å². The molecule has 2 atom stereocenters. The Labute approximate surface area is 187 Å². The molecule has 10 heteroatoms. The van der Waals surface area contributed by atoms with Crippen molar-refractivity contribution in [3.8, 4) is 0 Å². The van der Waals surface area contributed by atoms with Crippen LogP contribution in [0.5, 0.6) is 0 Å². The lowest BCUT2D eigenvalue weighted by Crippen LogP contribution is -2.46. The van der Waals surface area contributed by atoms with E-state index >= 15 is 0 Å². The zero-order valence-electron chi connectivity index (χ0n) is 18.9. The first-order valence-electron chi connectivity index (χ1n) is 10.9. The number of hydrogen-bond donors (Lipinski definition) is 1. The second-order valence-corrected chi connectivity index (χ2v) is 11.9. The third kappa shape index (κ3) is 6.27. The molecule has 1 aliphatic rings. The van der Waals surface area contributed by atoms with Crippen LogP contribution in [0.25, 0.3) is 0 Å². The van der Waals surface area contributed by atoms with Gasteiger partial charge in [-0.2, -0.15) is 4.31 Å². The highest BCUT2D eigenvalue weighted by molar-refractivity contribution is 7.89. The Bertz CT molecular complexity index is 942. The van der Waals surface area contributed by atoms with Crippen LogP contribution in [-0.4, -0.2) is 63.3 Å². The Hall–Kier alpha value is -1.49. The van der Waals surface area contributed by atoms with Crippen molar-refractivity contribution in [2.45, 2.75) is 57.9 Å².